The molecule has 0 amide bonds. The summed E-state index contributed by atoms with van der Waals surface area (Å²) in [5.74, 6) is 0.524. The fourth-order valence-electron chi connectivity index (χ4n) is 3.74. The van der Waals surface area contributed by atoms with Gasteiger partial charge in [0.25, 0.3) is 0 Å². The standard InChI is InChI=1S/C24H24I2N2O/c1-15(2)16-3-7-19(8-4-16)27-13-20(29)14-28-23-9-5-17(25)11-21(23)22-12-18(26)6-10-24(22)28/h3-12,15,20,27,29H,13-14H2,1-2H3/t20-/m1/s1. The Bertz CT molecular complexity index is 1090. The molecule has 29 heavy (non-hydrogen) atoms. The lowest BCUT2D eigenvalue weighted by atomic mass is 10.0. The summed E-state index contributed by atoms with van der Waals surface area (Å²) in [4.78, 5) is 0. The second kappa shape index (κ2) is 8.81. The minimum Gasteiger partial charge on any atom is -0.389 e. The first-order valence-electron chi connectivity index (χ1n) is 9.81. The fourth-order valence-corrected chi connectivity index (χ4v) is 4.72. The van der Waals surface area contributed by atoms with Gasteiger partial charge in [-0.3, -0.25) is 0 Å². The first-order chi connectivity index (χ1) is 13.9. The van der Waals surface area contributed by atoms with Crippen molar-refractivity contribution in [3.63, 3.8) is 0 Å². The van der Waals surface area contributed by atoms with E-state index >= 15 is 0 Å². The van der Waals surface area contributed by atoms with Crippen molar-refractivity contribution in [3.05, 3.63) is 73.4 Å². The van der Waals surface area contributed by atoms with E-state index < -0.39 is 6.10 Å². The zero-order valence-electron chi connectivity index (χ0n) is 16.5. The van der Waals surface area contributed by atoms with Crippen molar-refractivity contribution in [2.24, 2.45) is 0 Å². The number of hydrogen-bond donors (Lipinski definition) is 2. The number of aromatic nitrogens is 1. The molecule has 4 rings (SSSR count). The quantitative estimate of drug-likeness (QED) is 0.242. The molecule has 3 aromatic carbocycles. The minimum atomic E-state index is -0.489. The van der Waals surface area contributed by atoms with Crippen LogP contribution in [0.2, 0.25) is 0 Å². The number of nitrogens with one attached hydrogen (secondary N) is 1. The highest BCUT2D eigenvalue weighted by Gasteiger charge is 2.14. The van der Waals surface area contributed by atoms with Gasteiger partial charge in [-0.2, -0.15) is 0 Å². The van der Waals surface area contributed by atoms with Crippen LogP contribution in [-0.4, -0.2) is 22.3 Å². The third-order valence-electron chi connectivity index (χ3n) is 5.30. The Morgan fingerprint density at radius 1 is 0.862 bits per heavy atom. The summed E-state index contributed by atoms with van der Waals surface area (Å²) in [6, 6.07) is 21.5. The summed E-state index contributed by atoms with van der Waals surface area (Å²) in [5, 5.41) is 16.6. The van der Waals surface area contributed by atoms with Crippen LogP contribution in [0.3, 0.4) is 0 Å². The Kier molecular flexibility index (Phi) is 6.36. The van der Waals surface area contributed by atoms with Crippen molar-refractivity contribution in [3.8, 4) is 0 Å². The Morgan fingerprint density at radius 3 is 1.93 bits per heavy atom. The zero-order valence-corrected chi connectivity index (χ0v) is 20.8. The molecule has 3 nitrogen and oxygen atoms in total. The van der Waals surface area contributed by atoms with E-state index in [1.807, 2.05) is 0 Å². The third kappa shape index (κ3) is 4.56. The number of benzene rings is 3. The van der Waals surface area contributed by atoms with Crippen molar-refractivity contribution in [2.75, 3.05) is 11.9 Å². The van der Waals surface area contributed by atoms with Gasteiger partial charge in [-0.25, -0.2) is 0 Å². The number of aliphatic hydroxyl groups is 1. The molecule has 1 aromatic heterocycles. The van der Waals surface area contributed by atoms with E-state index in [2.05, 4.69) is 130 Å². The van der Waals surface area contributed by atoms with E-state index in [9.17, 15) is 5.11 Å². The molecular formula is C24H24I2N2O. The molecule has 150 valence electrons. The van der Waals surface area contributed by atoms with Crippen LogP contribution in [0.4, 0.5) is 5.69 Å². The molecule has 0 saturated carbocycles. The largest absolute Gasteiger partial charge is 0.389 e. The minimum absolute atomic E-state index is 0.489. The van der Waals surface area contributed by atoms with Gasteiger partial charge in [0.2, 0.25) is 0 Å². The summed E-state index contributed by atoms with van der Waals surface area (Å²) in [6.07, 6.45) is -0.489. The topological polar surface area (TPSA) is 37.2 Å². The second-order valence-corrected chi connectivity index (χ2v) is 10.2. The first kappa shape index (κ1) is 20.9. The average molecular weight is 610 g/mol. The number of nitrogens with zero attached hydrogens (tertiary/aromatic N) is 1. The lowest BCUT2D eigenvalue weighted by molar-refractivity contribution is 0.169. The zero-order chi connectivity index (χ0) is 20.5. The van der Waals surface area contributed by atoms with Gasteiger partial charge in [0.1, 0.15) is 0 Å². The molecule has 4 aromatic rings. The molecule has 0 aliphatic carbocycles. The molecule has 2 N–H and O–H groups in total. The summed E-state index contributed by atoms with van der Waals surface area (Å²) >= 11 is 4.72. The Morgan fingerprint density at radius 2 is 1.41 bits per heavy atom. The number of anilines is 1. The lowest BCUT2D eigenvalue weighted by Gasteiger charge is -2.16. The number of hydrogen-bond acceptors (Lipinski definition) is 2. The fraction of sp³-hybridized carbons (Fsp3) is 0.250. The van der Waals surface area contributed by atoms with E-state index in [4.69, 9.17) is 0 Å². The number of fused-ring (bicyclic) bond motifs is 3. The van der Waals surface area contributed by atoms with Crippen LogP contribution < -0.4 is 5.32 Å². The highest BCUT2D eigenvalue weighted by molar-refractivity contribution is 14.1. The molecule has 1 heterocycles. The van der Waals surface area contributed by atoms with Gasteiger partial charge in [-0.15, -0.1) is 0 Å². The Labute approximate surface area is 198 Å². The molecule has 0 aliphatic rings. The van der Waals surface area contributed by atoms with Gasteiger partial charge in [0.05, 0.1) is 12.6 Å². The van der Waals surface area contributed by atoms with Crippen LogP contribution in [0.15, 0.2) is 60.7 Å². The average Bonchev–Trinajstić information content (AvgIpc) is 2.99. The molecule has 5 heteroatoms. The first-order valence-corrected chi connectivity index (χ1v) is 12.0. The maximum absolute atomic E-state index is 10.8. The van der Waals surface area contributed by atoms with Gasteiger partial charge >= 0.3 is 0 Å². The molecule has 0 bridgehead atoms. The molecule has 0 spiro atoms. The van der Waals surface area contributed by atoms with Crippen LogP contribution in [0.25, 0.3) is 21.8 Å². The van der Waals surface area contributed by atoms with Gasteiger partial charge in [0, 0.05) is 41.2 Å². The van der Waals surface area contributed by atoms with Crippen LogP contribution in [-0.2, 0) is 6.54 Å². The van der Waals surface area contributed by atoms with Crippen LogP contribution in [0.5, 0.6) is 0 Å². The van der Waals surface area contributed by atoms with Crippen molar-refractivity contribution in [2.45, 2.75) is 32.4 Å². The van der Waals surface area contributed by atoms with E-state index in [1.54, 1.807) is 0 Å². The van der Waals surface area contributed by atoms with Gasteiger partial charge < -0.3 is 15.0 Å². The Hall–Kier alpha value is -1.32. The highest BCUT2D eigenvalue weighted by atomic mass is 127. The third-order valence-corrected chi connectivity index (χ3v) is 6.64. The molecule has 0 radical (unpaired) electrons. The highest BCUT2D eigenvalue weighted by Crippen LogP contribution is 2.31. The summed E-state index contributed by atoms with van der Waals surface area (Å²) in [6.45, 7) is 5.45. The van der Waals surface area contributed by atoms with Crippen LogP contribution >= 0.6 is 45.2 Å². The molecule has 0 aliphatic heterocycles. The van der Waals surface area contributed by atoms with Gasteiger partial charge in [-0.05, 0) is 105 Å². The van der Waals surface area contributed by atoms with Crippen molar-refractivity contribution in [1.82, 2.24) is 4.57 Å². The van der Waals surface area contributed by atoms with E-state index in [0.717, 1.165) is 5.69 Å². The van der Waals surface area contributed by atoms with Crippen LogP contribution in [0, 0.1) is 7.14 Å². The number of halogens is 2. The number of rotatable bonds is 6. The predicted molar refractivity (Wildman–Crippen MR) is 140 cm³/mol. The monoisotopic (exact) mass is 610 g/mol. The molecular weight excluding hydrogens is 586 g/mol. The predicted octanol–water partition coefficient (Wildman–Crippen LogP) is 6.60. The SMILES string of the molecule is CC(C)c1ccc(NC[C@@H](O)Cn2c3ccc(I)cc3c3cc(I)ccc32)cc1. The summed E-state index contributed by atoms with van der Waals surface area (Å²) < 4.78 is 4.69. The summed E-state index contributed by atoms with van der Waals surface area (Å²) in [7, 11) is 0. The summed E-state index contributed by atoms with van der Waals surface area (Å²) in [5.41, 5.74) is 4.70. The molecule has 0 fully saturated rings. The van der Waals surface area contributed by atoms with Crippen LogP contribution in [0.1, 0.15) is 25.3 Å². The van der Waals surface area contributed by atoms with E-state index in [1.165, 1.54) is 34.5 Å². The molecule has 0 saturated heterocycles. The second-order valence-electron chi connectivity index (χ2n) is 7.74. The van der Waals surface area contributed by atoms with E-state index in [-0.39, 0.29) is 0 Å². The van der Waals surface area contributed by atoms with Gasteiger partial charge in [-0.1, -0.05) is 26.0 Å². The van der Waals surface area contributed by atoms with Crippen molar-refractivity contribution in [1.29, 1.82) is 0 Å². The van der Waals surface area contributed by atoms with Gasteiger partial charge in [0.15, 0.2) is 0 Å². The molecule has 1 atom stereocenters. The normalized spacial score (nSPS) is 12.8. The lowest BCUT2D eigenvalue weighted by Crippen LogP contribution is -2.24. The van der Waals surface area contributed by atoms with E-state index in [0.29, 0.717) is 19.0 Å². The van der Waals surface area contributed by atoms with Crippen molar-refractivity contribution < 1.29 is 5.11 Å². The van der Waals surface area contributed by atoms with Crippen molar-refractivity contribution >= 4 is 72.7 Å². The Balaban J connectivity index is 1.56. The smallest absolute Gasteiger partial charge is 0.0891 e. The maximum atomic E-state index is 10.8. The molecule has 0 unspecified atom stereocenters. The maximum Gasteiger partial charge on any atom is 0.0891 e. The number of aliphatic hydroxyl groups excluding tert-OH is 1.